The molecule has 11 nitrogen and oxygen atoms in total. The predicted molar refractivity (Wildman–Crippen MR) is 156 cm³/mol. The van der Waals surface area contributed by atoms with Crippen molar-refractivity contribution in [2.45, 2.75) is 76.4 Å². The first-order chi connectivity index (χ1) is 18.0. The van der Waals surface area contributed by atoms with E-state index >= 15 is 0 Å². The van der Waals surface area contributed by atoms with Crippen molar-refractivity contribution in [1.29, 1.82) is 0 Å². The van der Waals surface area contributed by atoms with Gasteiger partial charge in [-0.3, -0.25) is 14.7 Å². The summed E-state index contributed by atoms with van der Waals surface area (Å²) in [4.78, 5) is 47.7. The van der Waals surface area contributed by atoms with Gasteiger partial charge in [-0.2, -0.15) is 4.98 Å². The van der Waals surface area contributed by atoms with Gasteiger partial charge in [0, 0.05) is 56.7 Å². The second-order valence-corrected chi connectivity index (χ2v) is 11.7. The van der Waals surface area contributed by atoms with E-state index < -0.39 is 11.2 Å². The molecule has 1 aromatic rings. The number of aromatic nitrogens is 2. The Morgan fingerprint density at radius 2 is 1.74 bits per heavy atom. The zero-order valence-corrected chi connectivity index (χ0v) is 24.3. The number of carbonyl (C=O) groups excluding carboxylic acids is 2. The average Bonchev–Trinajstić information content (AvgIpc) is 2.89. The number of nitrogens with two attached hydrogens (primary N) is 2. The summed E-state index contributed by atoms with van der Waals surface area (Å²) in [6.45, 7) is 6.04. The molecule has 0 radical (unpaired) electrons. The molecule has 4 rings (SSSR count). The van der Waals surface area contributed by atoms with Crippen molar-refractivity contribution < 1.29 is 9.59 Å². The highest BCUT2D eigenvalue weighted by atomic mass is 35.5. The number of rotatable bonds is 6. The predicted octanol–water partition coefficient (Wildman–Crippen LogP) is 1.92. The van der Waals surface area contributed by atoms with Crippen LogP contribution in [0.25, 0.3) is 5.70 Å². The lowest BCUT2D eigenvalue weighted by molar-refractivity contribution is -0.137. The molecule has 39 heavy (non-hydrogen) atoms. The van der Waals surface area contributed by atoms with Crippen LogP contribution in [0.15, 0.2) is 23.1 Å². The quantitative estimate of drug-likeness (QED) is 0.479. The molecule has 3 aliphatic rings. The van der Waals surface area contributed by atoms with Gasteiger partial charge in [0.2, 0.25) is 5.91 Å². The lowest BCUT2D eigenvalue weighted by Gasteiger charge is -2.37. The number of amides is 3. The minimum atomic E-state index is -0.937. The second-order valence-electron chi connectivity index (χ2n) is 11.7. The highest BCUT2D eigenvalue weighted by molar-refractivity contribution is 5.89. The largest absolute Gasteiger partial charge is 0.353 e. The topological polar surface area (TPSA) is 143 Å². The molecule has 1 saturated carbocycles. The summed E-state index contributed by atoms with van der Waals surface area (Å²) in [5, 5.41) is 2.72. The number of hydrogen-bond acceptors (Lipinski definition) is 7. The highest BCUT2D eigenvalue weighted by Crippen LogP contribution is 2.28. The van der Waals surface area contributed by atoms with Gasteiger partial charge in [0.1, 0.15) is 5.82 Å². The van der Waals surface area contributed by atoms with E-state index in [9.17, 15) is 14.4 Å². The monoisotopic (exact) mass is 564 g/mol. The molecule has 1 aliphatic heterocycles. The number of nitrogens with zero attached hydrogens (tertiary/aromatic N) is 5. The third-order valence-electron chi connectivity index (χ3n) is 8.16. The summed E-state index contributed by atoms with van der Waals surface area (Å²) < 4.78 is 1.58. The number of carbonyl (C=O) groups is 2. The highest BCUT2D eigenvalue weighted by Gasteiger charge is 2.31. The minimum Gasteiger partial charge on any atom is -0.338 e. The van der Waals surface area contributed by atoms with Gasteiger partial charge in [-0.05, 0) is 77.8 Å². The Morgan fingerprint density at radius 3 is 2.31 bits per heavy atom. The van der Waals surface area contributed by atoms with E-state index in [0.717, 1.165) is 44.3 Å². The second kappa shape index (κ2) is 13.3. The number of halogens is 1. The fourth-order valence-corrected chi connectivity index (χ4v) is 5.76. The SMILES string of the molecule is CN(CC1CC=C(n2ccc(NC(=O)N3CCN(C(=O)C(C)(C)N)CC3)nc2=O)CC1)[C@H]1CC[C@H](N)CC1.Cl. The number of piperazine rings is 1. The van der Waals surface area contributed by atoms with Crippen LogP contribution in [0.4, 0.5) is 10.6 Å². The average molecular weight is 565 g/mol. The Hall–Kier alpha value is -2.47. The van der Waals surface area contributed by atoms with Crippen LogP contribution in [-0.4, -0.2) is 93.6 Å². The maximum atomic E-state index is 12.8. The van der Waals surface area contributed by atoms with Crippen molar-refractivity contribution >= 4 is 35.9 Å². The summed E-state index contributed by atoms with van der Waals surface area (Å²) in [5.41, 5.74) is 11.6. The van der Waals surface area contributed by atoms with E-state index in [1.165, 1.54) is 12.8 Å². The normalized spacial score (nSPS) is 24.2. The van der Waals surface area contributed by atoms with Gasteiger partial charge in [-0.1, -0.05) is 6.08 Å². The first-order valence-electron chi connectivity index (χ1n) is 13.9. The molecule has 1 saturated heterocycles. The van der Waals surface area contributed by atoms with Crippen LogP contribution >= 0.6 is 12.4 Å². The molecule has 3 amide bonds. The number of anilines is 1. The Balaban J connectivity index is 0.00000420. The molecule has 0 aromatic carbocycles. The molecule has 5 N–H and O–H groups in total. The fourth-order valence-electron chi connectivity index (χ4n) is 5.76. The van der Waals surface area contributed by atoms with Crippen LogP contribution in [0, 0.1) is 5.92 Å². The van der Waals surface area contributed by atoms with Crippen molar-refractivity contribution in [2.24, 2.45) is 17.4 Å². The molecular weight excluding hydrogens is 520 g/mol. The third-order valence-corrected chi connectivity index (χ3v) is 8.16. The molecule has 0 spiro atoms. The van der Waals surface area contributed by atoms with Crippen LogP contribution in [-0.2, 0) is 4.79 Å². The van der Waals surface area contributed by atoms with Crippen LogP contribution in [0.3, 0.4) is 0 Å². The van der Waals surface area contributed by atoms with Gasteiger partial charge in [0.05, 0.1) is 5.54 Å². The zero-order valence-electron chi connectivity index (χ0n) is 23.5. The summed E-state index contributed by atoms with van der Waals surface area (Å²) in [7, 11) is 2.22. The van der Waals surface area contributed by atoms with Crippen molar-refractivity contribution in [3.63, 3.8) is 0 Å². The van der Waals surface area contributed by atoms with Gasteiger partial charge in [0.15, 0.2) is 0 Å². The van der Waals surface area contributed by atoms with Crippen LogP contribution in [0.1, 0.15) is 58.8 Å². The number of hydrogen-bond donors (Lipinski definition) is 3. The van der Waals surface area contributed by atoms with Crippen LogP contribution in [0.5, 0.6) is 0 Å². The van der Waals surface area contributed by atoms with Gasteiger partial charge in [-0.25, -0.2) is 9.59 Å². The molecule has 1 unspecified atom stereocenters. The smallest absolute Gasteiger partial charge is 0.338 e. The van der Waals surface area contributed by atoms with Gasteiger partial charge in [-0.15, -0.1) is 12.4 Å². The lowest BCUT2D eigenvalue weighted by Crippen LogP contribution is -2.58. The standard InChI is InChI=1S/C27H44N8O3.ClH/c1-27(2,29)24(36)33-14-16-34(17-15-33)25(37)30-23-12-13-35(26(38)31-23)22-8-4-19(5-9-22)18-32(3)21-10-6-20(28)7-11-21;/h8,12-13,19-21H,4-7,9-11,14-18,28-29H2,1-3H3,(H,30,31,37,38);1H/t19?,20-,21-;. The van der Waals surface area contributed by atoms with E-state index in [0.29, 0.717) is 44.2 Å². The number of urea groups is 1. The Morgan fingerprint density at radius 1 is 1.10 bits per heavy atom. The molecule has 1 aromatic heterocycles. The van der Waals surface area contributed by atoms with E-state index in [1.54, 1.807) is 40.5 Å². The van der Waals surface area contributed by atoms with Crippen molar-refractivity contribution in [3.8, 4) is 0 Å². The van der Waals surface area contributed by atoms with Crippen molar-refractivity contribution in [2.75, 3.05) is 45.1 Å². The molecule has 12 heteroatoms. The molecule has 2 fully saturated rings. The number of allylic oxidation sites excluding steroid dienone is 2. The minimum absolute atomic E-state index is 0. The summed E-state index contributed by atoms with van der Waals surface area (Å²) in [5.74, 6) is 0.668. The van der Waals surface area contributed by atoms with E-state index in [1.807, 2.05) is 0 Å². The molecule has 2 aliphatic carbocycles. The number of nitrogens with one attached hydrogen (secondary N) is 1. The molecular formula is C27H45ClN8O3. The first kappa shape index (κ1) is 31.1. The van der Waals surface area contributed by atoms with E-state index in [-0.39, 0.29) is 30.2 Å². The maximum Gasteiger partial charge on any atom is 0.353 e. The molecule has 1 atom stereocenters. The Bertz CT molecular complexity index is 1090. The maximum absolute atomic E-state index is 12.8. The van der Waals surface area contributed by atoms with E-state index in [4.69, 9.17) is 11.5 Å². The van der Waals surface area contributed by atoms with Crippen LogP contribution in [0.2, 0.25) is 0 Å². The summed E-state index contributed by atoms with van der Waals surface area (Å²) in [6.07, 6.45) is 11.2. The fraction of sp³-hybridized carbons (Fsp3) is 0.704. The Kier molecular flexibility index (Phi) is 10.6. The van der Waals surface area contributed by atoms with Crippen LogP contribution < -0.4 is 22.5 Å². The molecule has 2 heterocycles. The summed E-state index contributed by atoms with van der Waals surface area (Å²) in [6, 6.07) is 2.31. The van der Waals surface area contributed by atoms with E-state index in [2.05, 4.69) is 28.3 Å². The lowest BCUT2D eigenvalue weighted by atomic mass is 9.88. The van der Waals surface area contributed by atoms with Gasteiger partial charge in [0.25, 0.3) is 0 Å². The zero-order chi connectivity index (χ0) is 27.4. The first-order valence-corrected chi connectivity index (χ1v) is 13.9. The van der Waals surface area contributed by atoms with Crippen molar-refractivity contribution in [3.05, 3.63) is 28.8 Å². The Labute approximate surface area is 237 Å². The van der Waals surface area contributed by atoms with Crippen molar-refractivity contribution in [1.82, 2.24) is 24.3 Å². The van der Waals surface area contributed by atoms with Gasteiger partial charge >= 0.3 is 11.7 Å². The third kappa shape index (κ3) is 8.03. The van der Waals surface area contributed by atoms with Gasteiger partial charge < -0.3 is 26.2 Å². The molecule has 218 valence electrons. The summed E-state index contributed by atoms with van der Waals surface area (Å²) >= 11 is 0. The molecule has 0 bridgehead atoms.